The van der Waals surface area contributed by atoms with Gasteiger partial charge in [0.05, 0.1) is 11.3 Å². The fourth-order valence-corrected chi connectivity index (χ4v) is 4.34. The van der Waals surface area contributed by atoms with Crippen LogP contribution >= 0.6 is 0 Å². The van der Waals surface area contributed by atoms with E-state index < -0.39 is 23.7 Å². The fraction of sp³-hybridized carbons (Fsp3) is 0.0938. The largest absolute Gasteiger partial charge is 0.416 e. The molecule has 0 spiro atoms. The van der Waals surface area contributed by atoms with Crippen LogP contribution in [0.2, 0.25) is 0 Å². The van der Waals surface area contributed by atoms with E-state index in [1.54, 1.807) is 54.5 Å². The molecule has 10 heteroatoms. The summed E-state index contributed by atoms with van der Waals surface area (Å²) in [5, 5.41) is 5.46. The van der Waals surface area contributed by atoms with Gasteiger partial charge in [0.15, 0.2) is 0 Å². The van der Waals surface area contributed by atoms with E-state index in [-0.39, 0.29) is 18.0 Å². The number of aryl methyl sites for hydroxylation is 1. The first-order valence-electron chi connectivity index (χ1n) is 12.9. The van der Waals surface area contributed by atoms with E-state index in [0.29, 0.717) is 16.8 Å². The molecule has 0 atom stereocenters. The minimum Gasteiger partial charge on any atom is -0.393 e. The van der Waals surface area contributed by atoms with Crippen LogP contribution in [0.5, 0.6) is 5.88 Å². The third kappa shape index (κ3) is 6.67. The van der Waals surface area contributed by atoms with Crippen LogP contribution in [0.1, 0.15) is 21.5 Å². The summed E-state index contributed by atoms with van der Waals surface area (Å²) in [6, 6.07) is 24.3. The van der Waals surface area contributed by atoms with Gasteiger partial charge in [-0.25, -0.2) is 4.79 Å². The Hall–Kier alpha value is -5.38. The number of alkyl halides is 3. The molecule has 3 aromatic carbocycles. The van der Waals surface area contributed by atoms with E-state index in [9.17, 15) is 22.8 Å². The van der Waals surface area contributed by atoms with Crippen LogP contribution in [-0.2, 0) is 19.8 Å². The number of carbonyl (C=O) groups excluding carboxylic acids is 2. The van der Waals surface area contributed by atoms with E-state index in [2.05, 4.69) is 15.6 Å². The molecule has 7 nitrogen and oxygen atoms in total. The van der Waals surface area contributed by atoms with Crippen LogP contribution in [0.4, 0.5) is 23.7 Å². The van der Waals surface area contributed by atoms with Gasteiger partial charge in [0.25, 0.3) is 5.91 Å². The van der Waals surface area contributed by atoms with Crippen molar-refractivity contribution in [2.24, 2.45) is 7.05 Å². The van der Waals surface area contributed by atoms with Crippen LogP contribution in [0.3, 0.4) is 0 Å². The lowest BCUT2D eigenvalue weighted by Crippen LogP contribution is -2.26. The Bertz CT molecular complexity index is 1700. The molecule has 5 aromatic rings. The molecule has 2 N–H and O–H groups in total. The summed E-state index contributed by atoms with van der Waals surface area (Å²) in [7, 11) is 1.66. The third-order valence-corrected chi connectivity index (χ3v) is 6.50. The second-order valence-electron chi connectivity index (χ2n) is 9.43. The van der Waals surface area contributed by atoms with E-state index in [4.69, 9.17) is 4.74 Å². The molecule has 42 heavy (non-hydrogen) atoms. The van der Waals surface area contributed by atoms with Gasteiger partial charge in [-0.2, -0.15) is 13.2 Å². The summed E-state index contributed by atoms with van der Waals surface area (Å²) in [6.45, 7) is 0.251. The smallest absolute Gasteiger partial charge is 0.393 e. The predicted molar refractivity (Wildman–Crippen MR) is 153 cm³/mol. The van der Waals surface area contributed by atoms with Gasteiger partial charge in [-0.15, -0.1) is 0 Å². The fourth-order valence-electron chi connectivity index (χ4n) is 4.34. The maximum absolute atomic E-state index is 13.1. The van der Waals surface area contributed by atoms with Gasteiger partial charge in [0.2, 0.25) is 5.88 Å². The van der Waals surface area contributed by atoms with Crippen LogP contribution < -0.4 is 15.4 Å². The number of halogens is 3. The maximum atomic E-state index is 13.1. The number of anilines is 1. The summed E-state index contributed by atoms with van der Waals surface area (Å²) < 4.78 is 45.9. The minimum absolute atomic E-state index is 0.200. The Morgan fingerprint density at radius 1 is 0.881 bits per heavy atom. The van der Waals surface area contributed by atoms with E-state index in [1.807, 2.05) is 36.4 Å². The van der Waals surface area contributed by atoms with Crippen molar-refractivity contribution in [1.82, 2.24) is 14.9 Å². The van der Waals surface area contributed by atoms with Crippen molar-refractivity contribution < 1.29 is 27.5 Å². The highest BCUT2D eigenvalue weighted by Gasteiger charge is 2.30. The molecule has 0 saturated heterocycles. The standard InChI is InChI=1S/C32H25F3N4O3/c1-39-20-26(38-30(40)28-7-3-2-6-27(28)23-12-14-25(15-13-23)32(33,34)35)17-29(39)42-31(41)37-18-21-8-10-22(11-9-21)24-5-4-16-36-19-24/h2-17,19-20H,18H2,1H3,(H,37,41)(H,38,40). The average molecular weight is 571 g/mol. The Balaban J connectivity index is 1.20. The molecule has 0 bridgehead atoms. The molecule has 0 fully saturated rings. The molecule has 2 aromatic heterocycles. The molecule has 2 amide bonds. The summed E-state index contributed by atoms with van der Waals surface area (Å²) in [5.74, 6) is -0.271. The maximum Gasteiger partial charge on any atom is 0.416 e. The number of nitrogens with one attached hydrogen (secondary N) is 2. The van der Waals surface area contributed by atoms with Gasteiger partial charge in [-0.05, 0) is 52.1 Å². The molecule has 0 unspecified atom stereocenters. The zero-order chi connectivity index (χ0) is 29.7. The topological polar surface area (TPSA) is 85.2 Å². The van der Waals surface area contributed by atoms with Gasteiger partial charge in [-0.1, -0.05) is 60.7 Å². The number of hydrogen-bond donors (Lipinski definition) is 2. The van der Waals surface area contributed by atoms with Gasteiger partial charge >= 0.3 is 12.3 Å². The van der Waals surface area contributed by atoms with Gasteiger partial charge < -0.3 is 19.9 Å². The minimum atomic E-state index is -4.45. The summed E-state index contributed by atoms with van der Waals surface area (Å²) in [5.41, 5.74) is 3.70. The first-order chi connectivity index (χ1) is 20.2. The van der Waals surface area contributed by atoms with Crippen molar-refractivity contribution in [2.75, 3.05) is 5.32 Å². The number of rotatable bonds is 7. The monoisotopic (exact) mass is 570 g/mol. The lowest BCUT2D eigenvalue weighted by atomic mass is 9.98. The van der Waals surface area contributed by atoms with E-state index in [1.165, 1.54) is 18.2 Å². The third-order valence-electron chi connectivity index (χ3n) is 6.50. The Morgan fingerprint density at radius 2 is 1.60 bits per heavy atom. The van der Waals surface area contributed by atoms with Crippen LogP contribution in [0.15, 0.2) is 110 Å². The number of carbonyl (C=O) groups is 2. The number of hydrogen-bond acceptors (Lipinski definition) is 4. The number of benzene rings is 3. The Morgan fingerprint density at radius 3 is 2.29 bits per heavy atom. The Labute approximate surface area is 239 Å². The molecule has 0 aliphatic carbocycles. The highest BCUT2D eigenvalue weighted by molar-refractivity contribution is 6.08. The van der Waals surface area contributed by atoms with Crippen molar-refractivity contribution >= 4 is 17.7 Å². The molecule has 212 valence electrons. The number of aromatic nitrogens is 2. The van der Waals surface area contributed by atoms with E-state index >= 15 is 0 Å². The highest BCUT2D eigenvalue weighted by Crippen LogP contribution is 2.32. The summed E-state index contributed by atoms with van der Waals surface area (Å²) >= 11 is 0. The van der Waals surface area contributed by atoms with Crippen molar-refractivity contribution in [3.05, 3.63) is 126 Å². The summed E-state index contributed by atoms with van der Waals surface area (Å²) in [6.07, 6.45) is -0.0511. The van der Waals surface area contributed by atoms with Crippen molar-refractivity contribution in [2.45, 2.75) is 12.7 Å². The molecule has 0 aliphatic heterocycles. The number of ether oxygens (including phenoxy) is 1. The van der Waals surface area contributed by atoms with Gasteiger partial charge in [-0.3, -0.25) is 9.78 Å². The summed E-state index contributed by atoms with van der Waals surface area (Å²) in [4.78, 5) is 29.7. The van der Waals surface area contributed by atoms with Gasteiger partial charge in [0.1, 0.15) is 0 Å². The lowest BCUT2D eigenvalue weighted by Gasteiger charge is -2.11. The van der Waals surface area contributed by atoms with Crippen LogP contribution in [-0.4, -0.2) is 21.6 Å². The van der Waals surface area contributed by atoms with E-state index in [0.717, 1.165) is 28.8 Å². The quantitative estimate of drug-likeness (QED) is 0.215. The first-order valence-corrected chi connectivity index (χ1v) is 12.9. The lowest BCUT2D eigenvalue weighted by molar-refractivity contribution is -0.137. The zero-order valence-electron chi connectivity index (χ0n) is 22.4. The molecule has 0 radical (unpaired) electrons. The SMILES string of the molecule is Cn1cc(NC(=O)c2ccccc2-c2ccc(C(F)(F)F)cc2)cc1OC(=O)NCc1ccc(-c2cccnc2)cc1. The number of pyridine rings is 1. The van der Waals surface area contributed by atoms with Crippen molar-refractivity contribution in [3.8, 4) is 28.1 Å². The molecular formula is C32H25F3N4O3. The zero-order valence-corrected chi connectivity index (χ0v) is 22.4. The molecule has 5 rings (SSSR count). The van der Waals surface area contributed by atoms with Crippen LogP contribution in [0.25, 0.3) is 22.3 Å². The van der Waals surface area contributed by atoms with Crippen LogP contribution in [0, 0.1) is 0 Å². The highest BCUT2D eigenvalue weighted by atomic mass is 19.4. The second-order valence-corrected chi connectivity index (χ2v) is 9.43. The molecule has 0 saturated carbocycles. The second kappa shape index (κ2) is 12.0. The van der Waals surface area contributed by atoms with Crippen molar-refractivity contribution in [1.29, 1.82) is 0 Å². The van der Waals surface area contributed by atoms with Gasteiger partial charge in [0, 0.05) is 43.8 Å². The average Bonchev–Trinajstić information content (AvgIpc) is 3.34. The van der Waals surface area contributed by atoms with Crippen molar-refractivity contribution in [3.63, 3.8) is 0 Å². The normalized spacial score (nSPS) is 11.1. The first kappa shape index (κ1) is 28.2. The number of amides is 2. The molecular weight excluding hydrogens is 545 g/mol. The molecule has 0 aliphatic rings. The molecule has 2 heterocycles. The predicted octanol–water partition coefficient (Wildman–Crippen LogP) is 7.31. The number of nitrogens with zero attached hydrogens (tertiary/aromatic N) is 2. The Kier molecular flexibility index (Phi) is 8.05.